The monoisotopic (exact) mass is 227 g/mol. The molecule has 0 fully saturated rings. The molecule has 0 saturated carbocycles. The number of rotatable bonds is 2. The summed E-state index contributed by atoms with van der Waals surface area (Å²) in [5, 5.41) is 10.2. The molecule has 80 valence electrons. The smallest absolute Gasteiger partial charge is 0.495 e. The molecule has 1 aromatic carbocycles. The van der Waals surface area contributed by atoms with Crippen molar-refractivity contribution in [1.29, 1.82) is 0 Å². The van der Waals surface area contributed by atoms with Crippen molar-refractivity contribution >= 4 is 24.2 Å². The van der Waals surface area contributed by atoms with E-state index < -0.39 is 7.12 Å². The molecule has 1 heterocycles. The fourth-order valence-electron chi connectivity index (χ4n) is 1.81. The third kappa shape index (κ3) is 1.61. The van der Waals surface area contributed by atoms with Gasteiger partial charge >= 0.3 is 7.12 Å². The van der Waals surface area contributed by atoms with Crippen molar-refractivity contribution in [3.8, 4) is 5.75 Å². The topological polar surface area (TPSA) is 64.7 Å². The lowest BCUT2D eigenvalue weighted by Crippen LogP contribution is -2.29. The molecule has 0 aliphatic carbocycles. The molecule has 2 rings (SSSR count). The van der Waals surface area contributed by atoms with E-state index in [9.17, 15) is 5.02 Å². The van der Waals surface area contributed by atoms with Crippen LogP contribution in [0.3, 0.4) is 0 Å². The lowest BCUT2D eigenvalue weighted by Gasteiger charge is -2.11. The molecule has 1 aliphatic heterocycles. The highest BCUT2D eigenvalue weighted by Crippen LogP contribution is 2.32. The van der Waals surface area contributed by atoms with Gasteiger partial charge in [0.25, 0.3) is 0 Å². The fourth-order valence-corrected chi connectivity index (χ4v) is 2.10. The minimum Gasteiger partial charge on any atom is -0.497 e. The predicted octanol–water partition coefficient (Wildman–Crippen LogP) is 0.0661. The number of hydrogen-bond donors (Lipinski definition) is 2. The first-order valence-electron chi connectivity index (χ1n) is 4.59. The summed E-state index contributed by atoms with van der Waals surface area (Å²) in [4.78, 5) is 0. The first-order valence-corrected chi connectivity index (χ1v) is 4.96. The zero-order valence-corrected chi connectivity index (χ0v) is 8.99. The maximum absolute atomic E-state index is 9.70. The Labute approximate surface area is 93.1 Å². The summed E-state index contributed by atoms with van der Waals surface area (Å²) in [5.41, 5.74) is 6.85. The van der Waals surface area contributed by atoms with E-state index in [2.05, 4.69) is 0 Å². The Kier molecular flexibility index (Phi) is 2.88. The number of hydrogen-bond acceptors (Lipinski definition) is 4. The molecule has 1 unspecified atom stereocenters. The lowest BCUT2D eigenvalue weighted by molar-refractivity contribution is 0.198. The van der Waals surface area contributed by atoms with Crippen LogP contribution in [0.4, 0.5) is 0 Å². The van der Waals surface area contributed by atoms with Gasteiger partial charge in [-0.15, -0.1) is 0 Å². The van der Waals surface area contributed by atoms with Gasteiger partial charge in [-0.2, -0.15) is 0 Å². The van der Waals surface area contributed by atoms with Crippen LogP contribution in [0.2, 0.25) is 5.02 Å². The average Bonchev–Trinajstić information content (AvgIpc) is 2.58. The largest absolute Gasteiger partial charge is 0.497 e. The van der Waals surface area contributed by atoms with E-state index in [1.165, 1.54) is 7.11 Å². The van der Waals surface area contributed by atoms with Gasteiger partial charge in [-0.1, -0.05) is 11.6 Å². The zero-order chi connectivity index (χ0) is 11.0. The molecule has 1 aliphatic rings. The highest BCUT2D eigenvalue weighted by Gasteiger charge is 2.38. The molecule has 0 aromatic heterocycles. The van der Waals surface area contributed by atoms with Crippen molar-refractivity contribution in [2.75, 3.05) is 13.7 Å². The van der Waals surface area contributed by atoms with Crippen LogP contribution >= 0.6 is 11.6 Å². The van der Waals surface area contributed by atoms with E-state index in [0.29, 0.717) is 16.2 Å². The van der Waals surface area contributed by atoms with Crippen molar-refractivity contribution in [2.45, 2.75) is 6.10 Å². The van der Waals surface area contributed by atoms with Crippen molar-refractivity contribution in [1.82, 2.24) is 0 Å². The summed E-state index contributed by atoms with van der Waals surface area (Å²) in [5.74, 6) is 0.567. The molecule has 0 radical (unpaired) electrons. The van der Waals surface area contributed by atoms with E-state index in [4.69, 9.17) is 26.7 Å². The van der Waals surface area contributed by atoms with E-state index in [1.807, 2.05) is 0 Å². The maximum Gasteiger partial charge on any atom is 0.495 e. The van der Waals surface area contributed by atoms with Gasteiger partial charge in [0.1, 0.15) is 5.75 Å². The Bertz CT molecular complexity index is 388. The molecule has 15 heavy (non-hydrogen) atoms. The fraction of sp³-hybridized carbons (Fsp3) is 0.333. The molecule has 0 spiro atoms. The first-order chi connectivity index (χ1) is 7.19. The summed E-state index contributed by atoms with van der Waals surface area (Å²) in [6.45, 7) is 0.275. The van der Waals surface area contributed by atoms with Crippen LogP contribution in [0.1, 0.15) is 11.7 Å². The molecular formula is C9H11BClNO3. The van der Waals surface area contributed by atoms with Crippen LogP contribution < -0.4 is 15.9 Å². The molecule has 1 atom stereocenters. The molecule has 4 nitrogen and oxygen atoms in total. The standard InChI is InChI=1S/C9H11BClNO3/c1-14-6-3-2-5(11)8-7(4-12)15-10(13)9(6)8/h2-3,7,13H,4,12H2,1H3. The van der Waals surface area contributed by atoms with Crippen LogP contribution in [-0.2, 0) is 4.65 Å². The van der Waals surface area contributed by atoms with Gasteiger partial charge in [0, 0.05) is 22.6 Å². The highest BCUT2D eigenvalue weighted by molar-refractivity contribution is 6.63. The third-order valence-electron chi connectivity index (χ3n) is 2.49. The van der Waals surface area contributed by atoms with Crippen molar-refractivity contribution < 1.29 is 14.4 Å². The summed E-state index contributed by atoms with van der Waals surface area (Å²) >= 11 is 6.04. The Morgan fingerprint density at radius 2 is 2.40 bits per heavy atom. The van der Waals surface area contributed by atoms with Gasteiger partial charge in [0.15, 0.2) is 0 Å². The van der Waals surface area contributed by atoms with Gasteiger partial charge in [0.05, 0.1) is 13.2 Å². The summed E-state index contributed by atoms with van der Waals surface area (Å²) in [6, 6.07) is 3.41. The quantitative estimate of drug-likeness (QED) is 0.702. The minimum absolute atomic E-state index is 0.275. The molecule has 3 N–H and O–H groups in total. The molecule has 0 amide bonds. The second-order valence-electron chi connectivity index (χ2n) is 3.29. The Morgan fingerprint density at radius 3 is 3.00 bits per heavy atom. The van der Waals surface area contributed by atoms with Crippen LogP contribution in [-0.4, -0.2) is 25.8 Å². The van der Waals surface area contributed by atoms with Gasteiger partial charge in [0.2, 0.25) is 0 Å². The molecule has 6 heteroatoms. The van der Waals surface area contributed by atoms with E-state index in [1.54, 1.807) is 12.1 Å². The Hall–Kier alpha value is -0.745. The van der Waals surface area contributed by atoms with E-state index >= 15 is 0 Å². The van der Waals surface area contributed by atoms with Gasteiger partial charge in [-0.25, -0.2) is 0 Å². The SMILES string of the molecule is COc1ccc(Cl)c2c1B(O)OC2CN. The second-order valence-corrected chi connectivity index (χ2v) is 3.70. The molecular weight excluding hydrogens is 216 g/mol. The van der Waals surface area contributed by atoms with Gasteiger partial charge in [-0.3, -0.25) is 0 Å². The number of benzene rings is 1. The number of methoxy groups -OCH3 is 1. The molecule has 0 bridgehead atoms. The van der Waals surface area contributed by atoms with Crippen molar-refractivity contribution in [3.63, 3.8) is 0 Å². The van der Waals surface area contributed by atoms with Crippen LogP contribution in [0.25, 0.3) is 0 Å². The minimum atomic E-state index is -1.01. The van der Waals surface area contributed by atoms with E-state index in [0.717, 1.165) is 5.56 Å². The second kappa shape index (κ2) is 4.02. The zero-order valence-electron chi connectivity index (χ0n) is 8.24. The predicted molar refractivity (Wildman–Crippen MR) is 58.5 cm³/mol. The van der Waals surface area contributed by atoms with Crippen LogP contribution in [0.15, 0.2) is 12.1 Å². The normalized spacial score (nSPS) is 19.2. The number of halogens is 1. The first kappa shape index (κ1) is 10.8. The van der Waals surface area contributed by atoms with Crippen molar-refractivity contribution in [3.05, 3.63) is 22.7 Å². The summed E-state index contributed by atoms with van der Waals surface area (Å²) in [7, 11) is 0.522. The maximum atomic E-state index is 9.70. The van der Waals surface area contributed by atoms with Gasteiger partial charge in [-0.05, 0) is 12.1 Å². The Morgan fingerprint density at radius 1 is 1.67 bits per heavy atom. The average molecular weight is 227 g/mol. The van der Waals surface area contributed by atoms with Crippen LogP contribution in [0.5, 0.6) is 5.75 Å². The summed E-state index contributed by atoms with van der Waals surface area (Å²) in [6.07, 6.45) is -0.363. The molecule has 1 aromatic rings. The highest BCUT2D eigenvalue weighted by atomic mass is 35.5. The number of nitrogens with two attached hydrogens (primary N) is 1. The number of ether oxygens (including phenoxy) is 1. The van der Waals surface area contributed by atoms with Crippen molar-refractivity contribution in [2.24, 2.45) is 5.73 Å². The number of fused-ring (bicyclic) bond motifs is 1. The third-order valence-corrected chi connectivity index (χ3v) is 2.82. The lowest BCUT2D eigenvalue weighted by atomic mass is 9.78. The summed E-state index contributed by atoms with van der Waals surface area (Å²) < 4.78 is 10.4. The van der Waals surface area contributed by atoms with Crippen LogP contribution in [0, 0.1) is 0 Å². The Balaban J connectivity index is 2.59. The van der Waals surface area contributed by atoms with E-state index in [-0.39, 0.29) is 12.6 Å². The van der Waals surface area contributed by atoms with Gasteiger partial charge < -0.3 is 20.1 Å². The molecule has 0 saturated heterocycles.